The van der Waals surface area contributed by atoms with Crippen molar-refractivity contribution in [1.29, 1.82) is 0 Å². The monoisotopic (exact) mass is 388 g/mol. The molecule has 0 amide bonds. The summed E-state index contributed by atoms with van der Waals surface area (Å²) >= 11 is 0. The zero-order valence-corrected chi connectivity index (χ0v) is 16.2. The Balaban J connectivity index is 1.54. The first-order valence-electron chi connectivity index (χ1n) is 9.19. The van der Waals surface area contributed by atoms with Crippen LogP contribution in [0.4, 0.5) is 0 Å². The first-order chi connectivity index (χ1) is 14.1. The molecule has 0 atom stereocenters. The minimum absolute atomic E-state index is 0.122. The van der Waals surface area contributed by atoms with Crippen molar-refractivity contribution in [3.05, 3.63) is 94.3 Å². The lowest BCUT2D eigenvalue weighted by atomic mass is 10.1. The van der Waals surface area contributed by atoms with Gasteiger partial charge in [-0.15, -0.1) is 0 Å². The van der Waals surface area contributed by atoms with Crippen LogP contribution in [0.15, 0.2) is 82.2 Å². The summed E-state index contributed by atoms with van der Waals surface area (Å²) in [4.78, 5) is 12.7. The first kappa shape index (κ1) is 18.6. The summed E-state index contributed by atoms with van der Waals surface area (Å²) in [6.07, 6.45) is 1.32. The maximum atomic E-state index is 12.7. The van der Waals surface area contributed by atoms with Crippen molar-refractivity contribution in [2.75, 3.05) is 7.11 Å². The van der Waals surface area contributed by atoms with Crippen molar-refractivity contribution in [2.24, 2.45) is 0 Å². The minimum Gasteiger partial charge on any atom is -0.497 e. The number of ether oxygens (including phenoxy) is 3. The van der Waals surface area contributed by atoms with Gasteiger partial charge in [-0.25, -0.2) is 0 Å². The maximum absolute atomic E-state index is 12.7. The highest BCUT2D eigenvalue weighted by molar-refractivity contribution is 5.79. The zero-order valence-electron chi connectivity index (χ0n) is 16.2. The fraction of sp³-hybridized carbons (Fsp3) is 0.125. The lowest BCUT2D eigenvalue weighted by Crippen LogP contribution is -2.05. The lowest BCUT2D eigenvalue weighted by molar-refractivity contribution is 0.305. The molecule has 5 nitrogen and oxygen atoms in total. The van der Waals surface area contributed by atoms with Gasteiger partial charge >= 0.3 is 0 Å². The Morgan fingerprint density at radius 3 is 2.38 bits per heavy atom. The molecule has 146 valence electrons. The average Bonchev–Trinajstić information content (AvgIpc) is 2.75. The van der Waals surface area contributed by atoms with Crippen molar-refractivity contribution in [3.63, 3.8) is 0 Å². The molecule has 0 aliphatic carbocycles. The van der Waals surface area contributed by atoms with Gasteiger partial charge in [0.15, 0.2) is 0 Å². The van der Waals surface area contributed by atoms with Crippen molar-refractivity contribution in [2.45, 2.75) is 13.5 Å². The number of hydrogen-bond acceptors (Lipinski definition) is 5. The van der Waals surface area contributed by atoms with Crippen LogP contribution < -0.4 is 19.6 Å². The van der Waals surface area contributed by atoms with Gasteiger partial charge in [-0.1, -0.05) is 24.3 Å². The number of hydrogen-bond donors (Lipinski definition) is 0. The molecule has 0 fully saturated rings. The summed E-state index contributed by atoms with van der Waals surface area (Å²) < 4.78 is 22.3. The van der Waals surface area contributed by atoms with E-state index < -0.39 is 0 Å². The number of methoxy groups -OCH3 is 1. The van der Waals surface area contributed by atoms with E-state index in [9.17, 15) is 4.79 Å². The summed E-state index contributed by atoms with van der Waals surface area (Å²) in [5.74, 6) is 1.99. The summed E-state index contributed by atoms with van der Waals surface area (Å²) in [5, 5.41) is 0.430. The Hall–Kier alpha value is -3.73. The van der Waals surface area contributed by atoms with E-state index in [1.165, 1.54) is 11.8 Å². The molecule has 0 aliphatic rings. The van der Waals surface area contributed by atoms with Crippen LogP contribution in [0, 0.1) is 6.92 Å². The van der Waals surface area contributed by atoms with Gasteiger partial charge in [-0.2, -0.15) is 0 Å². The van der Waals surface area contributed by atoms with Gasteiger partial charge in [0, 0.05) is 6.07 Å². The van der Waals surface area contributed by atoms with Crippen LogP contribution >= 0.6 is 0 Å². The van der Waals surface area contributed by atoms with Gasteiger partial charge < -0.3 is 18.6 Å². The quantitative estimate of drug-likeness (QED) is 0.438. The molecule has 4 rings (SSSR count). The highest BCUT2D eigenvalue weighted by Crippen LogP contribution is 2.25. The SMILES string of the molecule is COc1ccc(Oc2coc3cc(OCc4ccccc4C)ccc3c2=O)cc1. The van der Waals surface area contributed by atoms with E-state index in [1.807, 2.05) is 31.2 Å². The van der Waals surface area contributed by atoms with Crippen LogP contribution in [0.1, 0.15) is 11.1 Å². The van der Waals surface area contributed by atoms with Crippen LogP contribution in [0.2, 0.25) is 0 Å². The Morgan fingerprint density at radius 1 is 0.897 bits per heavy atom. The maximum Gasteiger partial charge on any atom is 0.235 e. The van der Waals surface area contributed by atoms with Crippen molar-refractivity contribution in [3.8, 4) is 23.0 Å². The molecular formula is C24H20O5. The number of rotatable bonds is 6. The van der Waals surface area contributed by atoms with Gasteiger partial charge in [0.1, 0.15) is 35.7 Å². The van der Waals surface area contributed by atoms with Gasteiger partial charge in [0.2, 0.25) is 11.2 Å². The summed E-state index contributed by atoms with van der Waals surface area (Å²) in [6.45, 7) is 2.49. The second-order valence-electron chi connectivity index (χ2n) is 6.58. The minimum atomic E-state index is -0.243. The van der Waals surface area contributed by atoms with Crippen molar-refractivity contribution in [1.82, 2.24) is 0 Å². The van der Waals surface area contributed by atoms with Gasteiger partial charge in [-0.3, -0.25) is 4.79 Å². The molecule has 3 aromatic carbocycles. The molecular weight excluding hydrogens is 368 g/mol. The fourth-order valence-corrected chi connectivity index (χ4v) is 2.96. The Labute approximate surface area is 168 Å². The molecule has 0 saturated heterocycles. The fourth-order valence-electron chi connectivity index (χ4n) is 2.96. The predicted molar refractivity (Wildman–Crippen MR) is 111 cm³/mol. The van der Waals surface area contributed by atoms with Crippen LogP contribution in [-0.4, -0.2) is 7.11 Å². The largest absolute Gasteiger partial charge is 0.497 e. The van der Waals surface area contributed by atoms with E-state index >= 15 is 0 Å². The molecule has 0 N–H and O–H groups in total. The summed E-state index contributed by atoms with van der Waals surface area (Å²) in [7, 11) is 1.59. The predicted octanol–water partition coefficient (Wildman–Crippen LogP) is 5.48. The zero-order chi connectivity index (χ0) is 20.2. The molecule has 5 heteroatoms. The first-order valence-corrected chi connectivity index (χ1v) is 9.19. The number of benzene rings is 3. The van der Waals surface area contributed by atoms with Crippen LogP contribution in [0.25, 0.3) is 11.0 Å². The molecule has 1 aromatic heterocycles. The third-order valence-electron chi connectivity index (χ3n) is 4.66. The third kappa shape index (κ3) is 4.09. The molecule has 0 radical (unpaired) electrons. The molecule has 0 unspecified atom stereocenters. The van der Waals surface area contributed by atoms with Crippen molar-refractivity contribution >= 4 is 11.0 Å². The number of fused-ring (bicyclic) bond motifs is 1. The molecule has 1 heterocycles. The van der Waals surface area contributed by atoms with E-state index in [2.05, 4.69) is 0 Å². The molecule has 0 aliphatic heterocycles. The molecule has 0 spiro atoms. The second-order valence-corrected chi connectivity index (χ2v) is 6.58. The van der Waals surface area contributed by atoms with Crippen LogP contribution in [0.5, 0.6) is 23.0 Å². The summed E-state index contributed by atoms with van der Waals surface area (Å²) in [6, 6.07) is 20.2. The van der Waals surface area contributed by atoms with Gasteiger partial charge in [0.05, 0.1) is 12.5 Å². The standard InChI is InChI=1S/C24H20O5/c1-16-5-3-4-6-17(16)14-27-20-11-12-21-22(13-20)28-15-23(24(21)25)29-19-9-7-18(26-2)8-10-19/h3-13,15H,14H2,1-2H3. The van der Waals surface area contributed by atoms with E-state index in [-0.39, 0.29) is 11.2 Å². The Kier molecular flexibility index (Phi) is 5.20. The van der Waals surface area contributed by atoms with Crippen LogP contribution in [0.3, 0.4) is 0 Å². The van der Waals surface area contributed by atoms with Gasteiger partial charge in [0.25, 0.3) is 0 Å². The Morgan fingerprint density at radius 2 is 1.62 bits per heavy atom. The topological polar surface area (TPSA) is 57.9 Å². The third-order valence-corrected chi connectivity index (χ3v) is 4.66. The summed E-state index contributed by atoms with van der Waals surface area (Å²) in [5.41, 5.74) is 2.48. The van der Waals surface area contributed by atoms with Crippen molar-refractivity contribution < 1.29 is 18.6 Å². The normalized spacial score (nSPS) is 10.7. The molecule has 0 saturated carbocycles. The van der Waals surface area contributed by atoms with Gasteiger partial charge in [-0.05, 0) is 54.4 Å². The smallest absolute Gasteiger partial charge is 0.235 e. The van der Waals surface area contributed by atoms with Crippen LogP contribution in [-0.2, 0) is 6.61 Å². The van der Waals surface area contributed by atoms with E-state index in [1.54, 1.807) is 49.6 Å². The van der Waals surface area contributed by atoms with E-state index in [4.69, 9.17) is 18.6 Å². The second kappa shape index (κ2) is 8.10. The Bertz CT molecular complexity index is 1190. The highest BCUT2D eigenvalue weighted by Gasteiger charge is 2.11. The molecule has 4 aromatic rings. The molecule has 0 bridgehead atoms. The highest BCUT2D eigenvalue weighted by atomic mass is 16.5. The van der Waals surface area contributed by atoms with E-state index in [0.29, 0.717) is 34.8 Å². The lowest BCUT2D eigenvalue weighted by Gasteiger charge is -2.10. The molecule has 29 heavy (non-hydrogen) atoms. The van der Waals surface area contributed by atoms with E-state index in [0.717, 1.165) is 5.56 Å². The number of aryl methyl sites for hydroxylation is 1. The average molecular weight is 388 g/mol.